The fourth-order valence-electron chi connectivity index (χ4n) is 4.65. The first kappa shape index (κ1) is 23.2. The van der Waals surface area contributed by atoms with Crippen LogP contribution in [0, 0.1) is 6.92 Å². The zero-order chi connectivity index (χ0) is 23.9. The van der Waals surface area contributed by atoms with Gasteiger partial charge in [0.05, 0.1) is 11.4 Å². The van der Waals surface area contributed by atoms with E-state index < -0.39 is 10.0 Å². The van der Waals surface area contributed by atoms with Gasteiger partial charge in [0, 0.05) is 41.8 Å². The molecule has 0 amide bonds. The molecule has 34 heavy (non-hydrogen) atoms. The third-order valence-corrected chi connectivity index (χ3v) is 9.91. The van der Waals surface area contributed by atoms with Gasteiger partial charge >= 0.3 is 0 Å². The summed E-state index contributed by atoms with van der Waals surface area (Å²) in [6.07, 6.45) is 2.72. The Hall–Kier alpha value is -2.58. The number of aromatic nitrogens is 1. The quantitative estimate of drug-likeness (QED) is 0.309. The maximum atomic E-state index is 13.0. The molecule has 0 bridgehead atoms. The predicted molar refractivity (Wildman–Crippen MR) is 139 cm³/mol. The van der Waals surface area contributed by atoms with Gasteiger partial charge < -0.3 is 9.30 Å². The van der Waals surface area contributed by atoms with Crippen molar-refractivity contribution in [2.24, 2.45) is 0 Å². The SMILES string of the molecule is COc1cccc(Cn2c(C)c(C3=CCN(S(=O)(=O)c4ccc(Cl)s4)CC3)c3ccccc32)c1. The van der Waals surface area contributed by atoms with E-state index in [2.05, 4.69) is 54.0 Å². The van der Waals surface area contributed by atoms with Gasteiger partial charge in [-0.2, -0.15) is 4.31 Å². The fourth-order valence-corrected chi connectivity index (χ4v) is 7.67. The molecule has 2 aromatic carbocycles. The largest absolute Gasteiger partial charge is 0.497 e. The highest BCUT2D eigenvalue weighted by molar-refractivity contribution is 7.91. The third kappa shape index (κ3) is 4.18. The van der Waals surface area contributed by atoms with Gasteiger partial charge in [0.15, 0.2) is 0 Å². The average molecular weight is 513 g/mol. The second-order valence-electron chi connectivity index (χ2n) is 8.32. The molecule has 0 fully saturated rings. The third-order valence-electron chi connectivity index (χ3n) is 6.34. The van der Waals surface area contributed by atoms with Crippen LogP contribution in [-0.2, 0) is 16.6 Å². The summed E-state index contributed by atoms with van der Waals surface area (Å²) in [5, 5.41) is 1.19. The first-order chi connectivity index (χ1) is 16.4. The number of rotatable bonds is 6. The highest BCUT2D eigenvalue weighted by Crippen LogP contribution is 2.36. The van der Waals surface area contributed by atoms with E-state index in [4.69, 9.17) is 16.3 Å². The van der Waals surface area contributed by atoms with Crippen LogP contribution in [-0.4, -0.2) is 37.5 Å². The second-order valence-corrected chi connectivity index (χ2v) is 12.2. The van der Waals surface area contributed by atoms with Crippen LogP contribution in [0.5, 0.6) is 5.75 Å². The molecule has 0 aliphatic carbocycles. The number of hydrogen-bond donors (Lipinski definition) is 0. The Labute approximate surface area is 208 Å². The number of hydrogen-bond acceptors (Lipinski definition) is 4. The number of sulfonamides is 1. The van der Waals surface area contributed by atoms with Crippen molar-refractivity contribution in [3.63, 3.8) is 0 Å². The first-order valence-electron chi connectivity index (χ1n) is 11.0. The first-order valence-corrected chi connectivity index (χ1v) is 13.7. The summed E-state index contributed by atoms with van der Waals surface area (Å²) in [6, 6.07) is 19.8. The number of halogens is 1. The van der Waals surface area contributed by atoms with Crippen molar-refractivity contribution in [3.05, 3.63) is 87.9 Å². The minimum atomic E-state index is -3.54. The van der Waals surface area contributed by atoms with Crippen molar-refractivity contribution in [2.45, 2.75) is 24.1 Å². The van der Waals surface area contributed by atoms with Gasteiger partial charge in [-0.05, 0) is 54.8 Å². The summed E-state index contributed by atoms with van der Waals surface area (Å²) in [5.74, 6) is 0.843. The van der Waals surface area contributed by atoms with Crippen LogP contribution < -0.4 is 4.74 Å². The van der Waals surface area contributed by atoms with Gasteiger partial charge in [0.25, 0.3) is 10.0 Å². The van der Waals surface area contributed by atoms with Crippen molar-refractivity contribution in [1.82, 2.24) is 8.87 Å². The van der Waals surface area contributed by atoms with Gasteiger partial charge in [-0.25, -0.2) is 8.42 Å². The van der Waals surface area contributed by atoms with Crippen LogP contribution in [0.3, 0.4) is 0 Å². The number of fused-ring (bicyclic) bond motifs is 1. The Morgan fingerprint density at radius 3 is 2.62 bits per heavy atom. The van der Waals surface area contributed by atoms with E-state index in [1.807, 2.05) is 12.1 Å². The monoisotopic (exact) mass is 512 g/mol. The number of thiophene rings is 1. The van der Waals surface area contributed by atoms with E-state index in [9.17, 15) is 8.42 Å². The van der Waals surface area contributed by atoms with Crippen LogP contribution in [0.15, 0.2) is 70.9 Å². The Morgan fingerprint density at radius 2 is 1.91 bits per heavy atom. The van der Waals surface area contributed by atoms with Crippen LogP contribution in [0.2, 0.25) is 4.34 Å². The fraction of sp³-hybridized carbons (Fsp3) is 0.231. The van der Waals surface area contributed by atoms with Crippen molar-refractivity contribution in [2.75, 3.05) is 20.2 Å². The number of para-hydroxylation sites is 1. The Balaban J connectivity index is 1.49. The molecule has 0 N–H and O–H groups in total. The maximum Gasteiger partial charge on any atom is 0.252 e. The van der Waals surface area contributed by atoms with Crippen molar-refractivity contribution in [3.8, 4) is 5.75 Å². The summed E-state index contributed by atoms with van der Waals surface area (Å²) in [6.45, 7) is 3.67. The van der Waals surface area contributed by atoms with Gasteiger partial charge in [0.2, 0.25) is 0 Å². The standard InChI is InChI=1S/C26H25ClN2O3S2/c1-18-26(20-12-14-28(15-13-20)34(30,31)25-11-10-24(27)33-25)22-8-3-4-9-23(22)29(18)17-19-6-5-7-21(16-19)32-2/h3-12,16H,13-15,17H2,1-2H3. The molecule has 0 saturated carbocycles. The van der Waals surface area contributed by atoms with Crippen molar-refractivity contribution in [1.29, 1.82) is 0 Å². The zero-order valence-corrected chi connectivity index (χ0v) is 21.4. The van der Waals surface area contributed by atoms with Gasteiger partial charge in [-0.1, -0.05) is 48.0 Å². The lowest BCUT2D eigenvalue weighted by atomic mass is 9.97. The minimum absolute atomic E-state index is 0.292. The minimum Gasteiger partial charge on any atom is -0.497 e. The zero-order valence-electron chi connectivity index (χ0n) is 19.0. The lowest BCUT2D eigenvalue weighted by Gasteiger charge is -2.25. The normalized spacial score (nSPS) is 15.0. The number of methoxy groups -OCH3 is 1. The lowest BCUT2D eigenvalue weighted by molar-refractivity contribution is 0.414. The lowest BCUT2D eigenvalue weighted by Crippen LogP contribution is -2.34. The van der Waals surface area contributed by atoms with E-state index in [0.717, 1.165) is 23.6 Å². The molecule has 0 spiro atoms. The predicted octanol–water partition coefficient (Wildman–Crippen LogP) is 6.20. The van der Waals surface area contributed by atoms with Crippen LogP contribution in [0.4, 0.5) is 0 Å². The molecule has 176 valence electrons. The number of benzene rings is 2. The summed E-state index contributed by atoms with van der Waals surface area (Å²) in [7, 11) is -1.86. The van der Waals surface area contributed by atoms with Crippen LogP contribution in [0.1, 0.15) is 23.2 Å². The van der Waals surface area contributed by atoms with E-state index in [1.54, 1.807) is 19.2 Å². The van der Waals surface area contributed by atoms with E-state index in [-0.39, 0.29) is 0 Å². The van der Waals surface area contributed by atoms with Gasteiger partial charge in [-0.15, -0.1) is 11.3 Å². The molecule has 1 aliphatic rings. The molecular weight excluding hydrogens is 488 g/mol. The second kappa shape index (κ2) is 9.23. The molecule has 1 aliphatic heterocycles. The molecule has 4 aromatic rings. The van der Waals surface area contributed by atoms with E-state index in [0.29, 0.717) is 28.1 Å². The topological polar surface area (TPSA) is 51.5 Å². The summed E-state index contributed by atoms with van der Waals surface area (Å²) < 4.78 is 36.1. The Bertz CT molecular complexity index is 1500. The molecule has 2 aromatic heterocycles. The van der Waals surface area contributed by atoms with Crippen molar-refractivity contribution >= 4 is 49.4 Å². The van der Waals surface area contributed by atoms with Gasteiger partial charge in [0.1, 0.15) is 9.96 Å². The van der Waals surface area contributed by atoms with Crippen LogP contribution in [0.25, 0.3) is 16.5 Å². The molecular formula is C26H25ClN2O3S2. The highest BCUT2D eigenvalue weighted by atomic mass is 35.5. The summed E-state index contributed by atoms with van der Waals surface area (Å²) in [4.78, 5) is 0. The number of ether oxygens (including phenoxy) is 1. The van der Waals surface area contributed by atoms with E-state index in [1.165, 1.54) is 37.6 Å². The molecule has 5 rings (SSSR count). The molecule has 0 saturated heterocycles. The molecule has 5 nitrogen and oxygen atoms in total. The molecule has 0 unspecified atom stereocenters. The van der Waals surface area contributed by atoms with Crippen LogP contribution >= 0.6 is 22.9 Å². The summed E-state index contributed by atoms with van der Waals surface area (Å²) >= 11 is 7.07. The van der Waals surface area contributed by atoms with Crippen molar-refractivity contribution < 1.29 is 13.2 Å². The Kier molecular flexibility index (Phi) is 6.29. The Morgan fingerprint density at radius 1 is 1.09 bits per heavy atom. The molecule has 0 radical (unpaired) electrons. The summed E-state index contributed by atoms with van der Waals surface area (Å²) in [5.41, 5.74) is 5.90. The highest BCUT2D eigenvalue weighted by Gasteiger charge is 2.29. The molecule has 0 atom stereocenters. The molecule has 3 heterocycles. The van der Waals surface area contributed by atoms with E-state index >= 15 is 0 Å². The number of nitrogens with zero attached hydrogens (tertiary/aromatic N) is 2. The van der Waals surface area contributed by atoms with Gasteiger partial charge in [-0.3, -0.25) is 0 Å². The average Bonchev–Trinajstić information content (AvgIpc) is 3.41. The maximum absolute atomic E-state index is 13.0. The smallest absolute Gasteiger partial charge is 0.252 e. The molecule has 8 heteroatoms.